The molecule has 2 amide bonds. The van der Waals surface area contributed by atoms with E-state index in [-0.39, 0.29) is 18.5 Å². The van der Waals surface area contributed by atoms with Crippen LogP contribution >= 0.6 is 15.9 Å². The Kier molecular flexibility index (Phi) is 6.38. The molecule has 0 heterocycles. The Morgan fingerprint density at radius 1 is 1.40 bits per heavy atom. The summed E-state index contributed by atoms with van der Waals surface area (Å²) in [6.45, 7) is 3.55. The largest absolute Gasteiger partial charge is 0.352 e. The average molecular weight is 343 g/mol. The van der Waals surface area contributed by atoms with Gasteiger partial charge in [0.25, 0.3) is 0 Å². The molecule has 1 aromatic carbocycles. The second-order valence-electron chi connectivity index (χ2n) is 4.44. The first-order chi connectivity index (χ1) is 9.38. The molecule has 6 heteroatoms. The van der Waals surface area contributed by atoms with Crippen molar-refractivity contribution in [2.45, 2.75) is 19.9 Å². The standard InChI is InChI=1S/C14H16BrFN2O2/c1-9(2)18-14(20)8-17-13(19)6-3-10-7-11(15)4-5-12(10)16/h3-7,9H,8H2,1-2H3,(H,17,19)(H,18,20)/b6-3+. The lowest BCUT2D eigenvalue weighted by molar-refractivity contribution is -0.124. The lowest BCUT2D eigenvalue weighted by Crippen LogP contribution is -2.39. The van der Waals surface area contributed by atoms with Gasteiger partial charge in [-0.3, -0.25) is 9.59 Å². The summed E-state index contributed by atoms with van der Waals surface area (Å²) in [4.78, 5) is 22.8. The maximum Gasteiger partial charge on any atom is 0.244 e. The van der Waals surface area contributed by atoms with Gasteiger partial charge in [0.15, 0.2) is 0 Å². The highest BCUT2D eigenvalue weighted by Gasteiger charge is 2.05. The number of nitrogens with one attached hydrogen (secondary N) is 2. The van der Waals surface area contributed by atoms with E-state index in [2.05, 4.69) is 26.6 Å². The summed E-state index contributed by atoms with van der Waals surface area (Å²) < 4.78 is 14.1. The van der Waals surface area contributed by atoms with Crippen molar-refractivity contribution in [2.24, 2.45) is 0 Å². The number of benzene rings is 1. The van der Waals surface area contributed by atoms with E-state index < -0.39 is 11.7 Å². The summed E-state index contributed by atoms with van der Waals surface area (Å²) in [5.41, 5.74) is 0.293. The van der Waals surface area contributed by atoms with Crippen molar-refractivity contribution in [1.82, 2.24) is 10.6 Å². The highest BCUT2D eigenvalue weighted by Crippen LogP contribution is 2.16. The fourth-order valence-electron chi connectivity index (χ4n) is 1.41. The number of amides is 2. The van der Waals surface area contributed by atoms with Crippen molar-refractivity contribution in [3.63, 3.8) is 0 Å². The van der Waals surface area contributed by atoms with Crippen molar-refractivity contribution >= 4 is 33.8 Å². The number of carbonyl (C=O) groups excluding carboxylic acids is 2. The molecule has 0 aliphatic carbocycles. The zero-order valence-electron chi connectivity index (χ0n) is 11.2. The van der Waals surface area contributed by atoms with Crippen LogP contribution in [-0.2, 0) is 9.59 Å². The molecule has 0 unspecified atom stereocenters. The van der Waals surface area contributed by atoms with Gasteiger partial charge in [0.1, 0.15) is 5.82 Å². The minimum Gasteiger partial charge on any atom is -0.352 e. The number of rotatable bonds is 5. The van der Waals surface area contributed by atoms with Crippen LogP contribution in [0.4, 0.5) is 4.39 Å². The van der Waals surface area contributed by atoms with Crippen LogP contribution in [0.1, 0.15) is 19.4 Å². The minimum absolute atomic E-state index is 0.0192. The van der Waals surface area contributed by atoms with Gasteiger partial charge in [-0.25, -0.2) is 4.39 Å². The topological polar surface area (TPSA) is 58.2 Å². The fourth-order valence-corrected chi connectivity index (χ4v) is 1.79. The van der Waals surface area contributed by atoms with Gasteiger partial charge in [-0.15, -0.1) is 0 Å². The second kappa shape index (κ2) is 7.79. The zero-order chi connectivity index (χ0) is 15.1. The first-order valence-electron chi connectivity index (χ1n) is 6.09. The monoisotopic (exact) mass is 342 g/mol. The highest BCUT2D eigenvalue weighted by molar-refractivity contribution is 9.10. The van der Waals surface area contributed by atoms with E-state index in [9.17, 15) is 14.0 Å². The number of hydrogen-bond acceptors (Lipinski definition) is 2. The smallest absolute Gasteiger partial charge is 0.244 e. The van der Waals surface area contributed by atoms with Gasteiger partial charge in [-0.2, -0.15) is 0 Å². The maximum atomic E-state index is 13.4. The van der Waals surface area contributed by atoms with E-state index in [1.165, 1.54) is 18.2 Å². The van der Waals surface area contributed by atoms with Crippen LogP contribution in [-0.4, -0.2) is 24.4 Å². The maximum absolute atomic E-state index is 13.4. The Balaban J connectivity index is 2.51. The predicted molar refractivity (Wildman–Crippen MR) is 79.4 cm³/mol. The van der Waals surface area contributed by atoms with E-state index in [1.807, 2.05) is 13.8 Å². The van der Waals surface area contributed by atoms with Gasteiger partial charge < -0.3 is 10.6 Å². The first-order valence-corrected chi connectivity index (χ1v) is 6.88. The van der Waals surface area contributed by atoms with Gasteiger partial charge in [-0.1, -0.05) is 15.9 Å². The SMILES string of the molecule is CC(C)NC(=O)CNC(=O)/C=C/c1cc(Br)ccc1F. The molecule has 4 nitrogen and oxygen atoms in total. The molecular formula is C14H16BrFN2O2. The average Bonchev–Trinajstić information content (AvgIpc) is 2.36. The van der Waals surface area contributed by atoms with Crippen LogP contribution in [0, 0.1) is 5.82 Å². The van der Waals surface area contributed by atoms with Crippen molar-refractivity contribution in [1.29, 1.82) is 0 Å². The molecule has 1 aromatic rings. The van der Waals surface area contributed by atoms with Crippen molar-refractivity contribution in [3.05, 3.63) is 40.1 Å². The summed E-state index contributed by atoms with van der Waals surface area (Å²) in [7, 11) is 0. The molecule has 0 aromatic heterocycles. The molecule has 0 atom stereocenters. The Morgan fingerprint density at radius 2 is 2.10 bits per heavy atom. The third-order valence-corrected chi connectivity index (χ3v) is 2.74. The number of carbonyl (C=O) groups is 2. The molecule has 2 N–H and O–H groups in total. The fraction of sp³-hybridized carbons (Fsp3) is 0.286. The molecule has 0 radical (unpaired) electrons. The summed E-state index contributed by atoms with van der Waals surface area (Å²) in [6.07, 6.45) is 2.54. The molecule has 0 bridgehead atoms. The molecule has 1 rings (SSSR count). The van der Waals surface area contributed by atoms with E-state index in [4.69, 9.17) is 0 Å². The third kappa shape index (κ3) is 5.97. The van der Waals surface area contributed by atoms with Crippen molar-refractivity contribution in [2.75, 3.05) is 6.54 Å². The molecule has 0 fully saturated rings. The van der Waals surface area contributed by atoms with E-state index >= 15 is 0 Å². The van der Waals surface area contributed by atoms with Gasteiger partial charge in [0, 0.05) is 22.2 Å². The summed E-state index contributed by atoms with van der Waals surface area (Å²) >= 11 is 3.22. The van der Waals surface area contributed by atoms with Gasteiger partial charge in [0.2, 0.25) is 11.8 Å². The van der Waals surface area contributed by atoms with E-state index in [1.54, 1.807) is 12.1 Å². The summed E-state index contributed by atoms with van der Waals surface area (Å²) in [6, 6.07) is 4.46. The normalized spacial score (nSPS) is 10.8. The Morgan fingerprint density at radius 3 is 2.75 bits per heavy atom. The van der Waals surface area contributed by atoms with E-state index in [0.717, 1.165) is 4.47 Å². The van der Waals surface area contributed by atoms with E-state index in [0.29, 0.717) is 5.56 Å². The van der Waals surface area contributed by atoms with Crippen LogP contribution < -0.4 is 10.6 Å². The van der Waals surface area contributed by atoms with Crippen LogP contribution in [0.2, 0.25) is 0 Å². The molecule has 0 spiro atoms. The molecule has 0 aliphatic rings. The molecule has 0 aliphatic heterocycles. The number of hydrogen-bond donors (Lipinski definition) is 2. The van der Waals surface area contributed by atoms with Gasteiger partial charge >= 0.3 is 0 Å². The highest BCUT2D eigenvalue weighted by atomic mass is 79.9. The quantitative estimate of drug-likeness (QED) is 0.806. The molecule has 0 saturated carbocycles. The van der Waals surface area contributed by atoms with Crippen molar-refractivity contribution < 1.29 is 14.0 Å². The molecular weight excluding hydrogens is 327 g/mol. The van der Waals surface area contributed by atoms with Crippen LogP contribution in [0.5, 0.6) is 0 Å². The van der Waals surface area contributed by atoms with Gasteiger partial charge in [0.05, 0.1) is 6.54 Å². The Bertz CT molecular complexity index is 530. The minimum atomic E-state index is -0.455. The van der Waals surface area contributed by atoms with Crippen molar-refractivity contribution in [3.8, 4) is 0 Å². The molecule has 108 valence electrons. The van der Waals surface area contributed by atoms with Crippen LogP contribution in [0.25, 0.3) is 6.08 Å². The Labute approximate surface area is 125 Å². The molecule has 0 saturated heterocycles. The third-order valence-electron chi connectivity index (χ3n) is 2.25. The van der Waals surface area contributed by atoms with Gasteiger partial charge in [-0.05, 0) is 38.1 Å². The predicted octanol–water partition coefficient (Wildman–Crippen LogP) is 2.24. The lowest BCUT2D eigenvalue weighted by Gasteiger charge is -2.08. The summed E-state index contributed by atoms with van der Waals surface area (Å²) in [5, 5.41) is 5.06. The first kappa shape index (κ1) is 16.4. The second-order valence-corrected chi connectivity index (χ2v) is 5.35. The van der Waals surface area contributed by atoms with Crippen LogP contribution in [0.15, 0.2) is 28.7 Å². The summed E-state index contributed by atoms with van der Waals surface area (Å²) in [5.74, 6) is -1.14. The lowest BCUT2D eigenvalue weighted by atomic mass is 10.2. The number of halogens is 2. The zero-order valence-corrected chi connectivity index (χ0v) is 12.8. The molecule has 20 heavy (non-hydrogen) atoms. The van der Waals surface area contributed by atoms with Crippen LogP contribution in [0.3, 0.4) is 0 Å². The Hall–Kier alpha value is -1.69.